The van der Waals surface area contributed by atoms with E-state index < -0.39 is 0 Å². The van der Waals surface area contributed by atoms with E-state index in [4.69, 9.17) is 10.00 Å². The van der Waals surface area contributed by atoms with E-state index in [0.717, 1.165) is 11.8 Å². The summed E-state index contributed by atoms with van der Waals surface area (Å²) in [7, 11) is 0. The molecule has 0 unspecified atom stereocenters. The van der Waals surface area contributed by atoms with Gasteiger partial charge in [0.2, 0.25) is 0 Å². The van der Waals surface area contributed by atoms with Crippen molar-refractivity contribution >= 4 is 6.29 Å². The average Bonchev–Trinajstić information content (AvgIpc) is 2.42. The lowest BCUT2D eigenvalue weighted by atomic mass is 10.1. The highest BCUT2D eigenvalue weighted by Gasteiger charge is 2.06. The van der Waals surface area contributed by atoms with Gasteiger partial charge in [0.15, 0.2) is 0 Å². The zero-order valence-corrected chi connectivity index (χ0v) is 9.88. The molecule has 2 rings (SSSR count). The predicted molar refractivity (Wildman–Crippen MR) is 67.8 cm³/mol. The van der Waals surface area contributed by atoms with Gasteiger partial charge in [-0.2, -0.15) is 5.26 Å². The molecule has 0 aromatic heterocycles. The lowest BCUT2D eigenvalue weighted by Crippen LogP contribution is -1.92. The van der Waals surface area contributed by atoms with Crippen LogP contribution in [0.5, 0.6) is 11.5 Å². The molecule has 3 nitrogen and oxygen atoms in total. The van der Waals surface area contributed by atoms with Crippen molar-refractivity contribution in [1.29, 1.82) is 5.26 Å². The van der Waals surface area contributed by atoms with Crippen LogP contribution in [0.2, 0.25) is 0 Å². The molecule has 3 heteroatoms. The minimum Gasteiger partial charge on any atom is -0.456 e. The standard InChI is InChI=1S/C15H11NO2/c1-11-6-7-12(10-17)8-15(11)18-14-5-3-2-4-13(14)9-16/h2-8,10H,1H3. The topological polar surface area (TPSA) is 50.1 Å². The summed E-state index contributed by atoms with van der Waals surface area (Å²) in [6.07, 6.45) is 0.766. The summed E-state index contributed by atoms with van der Waals surface area (Å²) >= 11 is 0. The van der Waals surface area contributed by atoms with Crippen molar-refractivity contribution in [1.82, 2.24) is 0 Å². The van der Waals surface area contributed by atoms with Crippen molar-refractivity contribution in [3.63, 3.8) is 0 Å². The lowest BCUT2D eigenvalue weighted by molar-refractivity contribution is 0.112. The van der Waals surface area contributed by atoms with Gasteiger partial charge in [0, 0.05) is 5.56 Å². The highest BCUT2D eigenvalue weighted by molar-refractivity contribution is 5.76. The molecule has 0 heterocycles. The summed E-state index contributed by atoms with van der Waals surface area (Å²) < 4.78 is 5.69. The maximum absolute atomic E-state index is 10.7. The molecule has 2 aromatic carbocycles. The van der Waals surface area contributed by atoms with E-state index in [1.165, 1.54) is 0 Å². The van der Waals surface area contributed by atoms with Crippen molar-refractivity contribution in [3.05, 3.63) is 59.2 Å². The minimum absolute atomic E-state index is 0.466. The molecule has 0 spiro atoms. The molecular weight excluding hydrogens is 226 g/mol. The van der Waals surface area contributed by atoms with Crippen LogP contribution in [0.4, 0.5) is 0 Å². The Morgan fingerprint density at radius 3 is 2.67 bits per heavy atom. The van der Waals surface area contributed by atoms with Gasteiger partial charge in [0.1, 0.15) is 23.9 Å². The minimum atomic E-state index is 0.466. The third kappa shape index (κ3) is 2.38. The molecule has 2 aromatic rings. The zero-order valence-electron chi connectivity index (χ0n) is 9.88. The fraction of sp³-hybridized carbons (Fsp3) is 0.0667. The number of hydrogen-bond donors (Lipinski definition) is 0. The number of aryl methyl sites for hydroxylation is 1. The summed E-state index contributed by atoms with van der Waals surface area (Å²) in [6, 6.07) is 14.3. The van der Waals surface area contributed by atoms with E-state index in [-0.39, 0.29) is 0 Å². The first-order chi connectivity index (χ1) is 8.74. The van der Waals surface area contributed by atoms with Crippen molar-refractivity contribution in [2.45, 2.75) is 6.92 Å². The lowest BCUT2D eigenvalue weighted by Gasteiger charge is -2.10. The summed E-state index contributed by atoms with van der Waals surface area (Å²) in [6.45, 7) is 1.89. The van der Waals surface area contributed by atoms with E-state index >= 15 is 0 Å². The number of aldehydes is 1. The molecule has 0 atom stereocenters. The van der Waals surface area contributed by atoms with Crippen molar-refractivity contribution in [2.24, 2.45) is 0 Å². The second-order valence-corrected chi connectivity index (χ2v) is 3.85. The van der Waals surface area contributed by atoms with Crippen LogP contribution >= 0.6 is 0 Å². The monoisotopic (exact) mass is 237 g/mol. The van der Waals surface area contributed by atoms with E-state index in [2.05, 4.69) is 6.07 Å². The smallest absolute Gasteiger partial charge is 0.150 e. The number of carbonyl (C=O) groups is 1. The summed E-state index contributed by atoms with van der Waals surface area (Å²) in [5, 5.41) is 8.98. The van der Waals surface area contributed by atoms with E-state index in [0.29, 0.717) is 22.6 Å². The third-order valence-corrected chi connectivity index (χ3v) is 2.58. The van der Waals surface area contributed by atoms with Gasteiger partial charge >= 0.3 is 0 Å². The number of rotatable bonds is 3. The number of ether oxygens (including phenoxy) is 1. The van der Waals surface area contributed by atoms with Crippen LogP contribution in [0.3, 0.4) is 0 Å². The fourth-order valence-electron chi connectivity index (χ4n) is 1.57. The molecule has 0 N–H and O–H groups in total. The first-order valence-corrected chi connectivity index (χ1v) is 5.47. The van der Waals surface area contributed by atoms with Crippen molar-refractivity contribution in [2.75, 3.05) is 0 Å². The van der Waals surface area contributed by atoms with Gasteiger partial charge in [-0.3, -0.25) is 4.79 Å². The molecule has 0 amide bonds. The van der Waals surface area contributed by atoms with Crippen LogP contribution in [-0.4, -0.2) is 6.29 Å². The SMILES string of the molecule is Cc1ccc(C=O)cc1Oc1ccccc1C#N. The quantitative estimate of drug-likeness (QED) is 0.768. The molecule has 0 radical (unpaired) electrons. The molecule has 0 saturated carbocycles. The maximum Gasteiger partial charge on any atom is 0.150 e. The molecule has 0 fully saturated rings. The van der Waals surface area contributed by atoms with Crippen LogP contribution in [0.15, 0.2) is 42.5 Å². The Balaban J connectivity index is 2.40. The van der Waals surface area contributed by atoms with E-state index in [1.807, 2.05) is 13.0 Å². The van der Waals surface area contributed by atoms with E-state index in [1.54, 1.807) is 36.4 Å². The molecule has 0 aliphatic carbocycles. The largest absolute Gasteiger partial charge is 0.456 e. The van der Waals surface area contributed by atoms with Gasteiger partial charge in [-0.05, 0) is 30.7 Å². The van der Waals surface area contributed by atoms with Crippen LogP contribution in [0.25, 0.3) is 0 Å². The molecular formula is C15H11NO2. The Hall–Kier alpha value is -2.60. The number of nitriles is 1. The number of nitrogens with zero attached hydrogens (tertiary/aromatic N) is 1. The highest BCUT2D eigenvalue weighted by atomic mass is 16.5. The van der Waals surface area contributed by atoms with Gasteiger partial charge in [-0.15, -0.1) is 0 Å². The summed E-state index contributed by atoms with van der Waals surface area (Å²) in [5.74, 6) is 1.08. The Bertz CT molecular complexity index is 627. The molecule has 0 aliphatic rings. The number of carbonyl (C=O) groups excluding carboxylic acids is 1. The number of benzene rings is 2. The first kappa shape index (κ1) is 11.9. The van der Waals surface area contributed by atoms with Crippen molar-refractivity contribution in [3.8, 4) is 17.6 Å². The van der Waals surface area contributed by atoms with Crippen molar-refractivity contribution < 1.29 is 9.53 Å². The molecule has 0 saturated heterocycles. The molecule has 0 aliphatic heterocycles. The van der Waals surface area contributed by atoms with Gasteiger partial charge in [-0.25, -0.2) is 0 Å². The first-order valence-electron chi connectivity index (χ1n) is 5.47. The normalized spacial score (nSPS) is 9.56. The van der Waals surface area contributed by atoms with Crippen LogP contribution in [0.1, 0.15) is 21.5 Å². The molecule has 18 heavy (non-hydrogen) atoms. The molecule has 88 valence electrons. The Labute approximate surface area is 105 Å². The Morgan fingerprint density at radius 1 is 1.17 bits per heavy atom. The second-order valence-electron chi connectivity index (χ2n) is 3.85. The number of para-hydroxylation sites is 1. The summed E-state index contributed by atoms with van der Waals surface area (Å²) in [4.78, 5) is 10.7. The highest BCUT2D eigenvalue weighted by Crippen LogP contribution is 2.28. The number of hydrogen-bond acceptors (Lipinski definition) is 3. The van der Waals surface area contributed by atoms with Crippen LogP contribution < -0.4 is 4.74 Å². The molecule has 0 bridgehead atoms. The zero-order chi connectivity index (χ0) is 13.0. The fourth-order valence-corrected chi connectivity index (χ4v) is 1.57. The van der Waals surface area contributed by atoms with Crippen LogP contribution in [-0.2, 0) is 0 Å². The Morgan fingerprint density at radius 2 is 1.94 bits per heavy atom. The van der Waals surface area contributed by atoms with Gasteiger partial charge < -0.3 is 4.74 Å². The second kappa shape index (κ2) is 5.15. The van der Waals surface area contributed by atoms with Gasteiger partial charge in [0.25, 0.3) is 0 Å². The van der Waals surface area contributed by atoms with Crippen LogP contribution in [0, 0.1) is 18.3 Å². The average molecular weight is 237 g/mol. The van der Waals surface area contributed by atoms with Gasteiger partial charge in [-0.1, -0.05) is 24.3 Å². The van der Waals surface area contributed by atoms with E-state index in [9.17, 15) is 4.79 Å². The third-order valence-electron chi connectivity index (χ3n) is 2.58. The van der Waals surface area contributed by atoms with Gasteiger partial charge in [0.05, 0.1) is 5.56 Å². The predicted octanol–water partition coefficient (Wildman–Crippen LogP) is 3.47. The summed E-state index contributed by atoms with van der Waals surface area (Å²) in [5.41, 5.74) is 1.92. The maximum atomic E-state index is 10.7. The Kier molecular flexibility index (Phi) is 3.40.